The third kappa shape index (κ3) is 3.88. The van der Waals surface area contributed by atoms with Crippen LogP contribution in [0.3, 0.4) is 0 Å². The van der Waals surface area contributed by atoms with Crippen LogP contribution in [-0.2, 0) is 16.4 Å². The van der Waals surface area contributed by atoms with E-state index in [1.807, 2.05) is 42.5 Å². The van der Waals surface area contributed by atoms with Crippen molar-refractivity contribution in [1.82, 2.24) is 4.98 Å². The van der Waals surface area contributed by atoms with E-state index in [2.05, 4.69) is 4.98 Å². The van der Waals surface area contributed by atoms with Crippen molar-refractivity contribution >= 4 is 33.0 Å². The van der Waals surface area contributed by atoms with Crippen molar-refractivity contribution in [2.75, 3.05) is 0 Å². The number of primary sulfonamides is 1. The summed E-state index contributed by atoms with van der Waals surface area (Å²) in [5.74, 6) is 0. The fourth-order valence-corrected chi connectivity index (χ4v) is 4.91. The van der Waals surface area contributed by atoms with E-state index < -0.39 is 10.0 Å². The second-order valence-electron chi connectivity index (χ2n) is 6.19. The van der Waals surface area contributed by atoms with Crippen LogP contribution in [0, 0.1) is 0 Å². The van der Waals surface area contributed by atoms with Gasteiger partial charge in [0.2, 0.25) is 10.0 Å². The Balaban J connectivity index is 1.99. The van der Waals surface area contributed by atoms with Crippen LogP contribution in [0.5, 0.6) is 0 Å². The number of nitrogens with two attached hydrogens (primary N) is 1. The summed E-state index contributed by atoms with van der Waals surface area (Å²) in [7, 11) is -3.98. The lowest BCUT2D eigenvalue weighted by molar-refractivity contribution is 0.558. The molecule has 0 aliphatic heterocycles. The van der Waals surface area contributed by atoms with E-state index in [0.717, 1.165) is 10.4 Å². The molecule has 0 bridgehead atoms. The third-order valence-corrected chi connectivity index (χ3v) is 6.56. The highest BCUT2D eigenvalue weighted by molar-refractivity contribution is 7.89. The van der Waals surface area contributed by atoms with Crippen molar-refractivity contribution in [3.63, 3.8) is 0 Å². The summed E-state index contributed by atoms with van der Waals surface area (Å²) in [5, 5.41) is 5.59. The molecule has 0 radical (unpaired) electrons. The first-order valence-corrected chi connectivity index (χ1v) is 11.0. The van der Waals surface area contributed by atoms with E-state index in [-0.39, 0.29) is 4.90 Å². The van der Waals surface area contributed by atoms with Crippen LogP contribution in [-0.4, -0.2) is 13.4 Å². The minimum absolute atomic E-state index is 0.0661. The average Bonchev–Trinajstić information content (AvgIpc) is 3.33. The van der Waals surface area contributed by atoms with Crippen molar-refractivity contribution in [3.05, 3.63) is 82.7 Å². The number of rotatable bonds is 5. The van der Waals surface area contributed by atoms with Gasteiger partial charge in [-0.3, -0.25) is 0 Å². The lowest BCUT2D eigenvalue weighted by Crippen LogP contribution is -2.16. The van der Waals surface area contributed by atoms with Crippen LogP contribution < -0.4 is 5.14 Å². The summed E-state index contributed by atoms with van der Waals surface area (Å²) < 4.78 is 30.7. The van der Waals surface area contributed by atoms with Gasteiger partial charge in [-0.15, -0.1) is 11.3 Å². The van der Waals surface area contributed by atoms with Gasteiger partial charge >= 0.3 is 0 Å². The van der Waals surface area contributed by atoms with E-state index in [9.17, 15) is 8.42 Å². The van der Waals surface area contributed by atoms with Gasteiger partial charge in [0.15, 0.2) is 6.39 Å². The van der Waals surface area contributed by atoms with Crippen molar-refractivity contribution in [2.45, 2.75) is 11.3 Å². The Hall–Kier alpha value is -2.45. The molecule has 0 saturated carbocycles. The SMILES string of the molecule is NS(=O)(=O)c1cc(-c2ccc(Cl)s2)cc(-c2cocn2)c1Cc1ccccc1. The van der Waals surface area contributed by atoms with Gasteiger partial charge in [0, 0.05) is 10.4 Å². The Morgan fingerprint density at radius 2 is 1.89 bits per heavy atom. The minimum atomic E-state index is -3.98. The van der Waals surface area contributed by atoms with Gasteiger partial charge in [-0.25, -0.2) is 18.5 Å². The maximum atomic E-state index is 12.5. The average molecular weight is 431 g/mol. The van der Waals surface area contributed by atoms with Crippen LogP contribution in [0.15, 0.2) is 76.6 Å². The van der Waals surface area contributed by atoms with Crippen molar-refractivity contribution < 1.29 is 12.8 Å². The van der Waals surface area contributed by atoms with E-state index >= 15 is 0 Å². The zero-order chi connectivity index (χ0) is 19.7. The molecule has 2 N–H and O–H groups in total. The van der Waals surface area contributed by atoms with Gasteiger partial charge in [0.05, 0.1) is 9.23 Å². The van der Waals surface area contributed by atoms with Gasteiger partial charge in [-0.1, -0.05) is 41.9 Å². The first kappa shape index (κ1) is 18.9. The third-order valence-electron chi connectivity index (χ3n) is 4.31. The highest BCUT2D eigenvalue weighted by Crippen LogP contribution is 2.38. The Morgan fingerprint density at radius 3 is 2.50 bits per heavy atom. The second kappa shape index (κ2) is 7.52. The summed E-state index contributed by atoms with van der Waals surface area (Å²) in [6.07, 6.45) is 3.19. The second-order valence-corrected chi connectivity index (χ2v) is 9.43. The van der Waals surface area contributed by atoms with Crippen molar-refractivity contribution in [1.29, 1.82) is 0 Å². The minimum Gasteiger partial charge on any atom is -0.451 e. The monoisotopic (exact) mass is 430 g/mol. The Kier molecular flexibility index (Phi) is 5.07. The summed E-state index contributed by atoms with van der Waals surface area (Å²) in [4.78, 5) is 5.13. The van der Waals surface area contributed by atoms with Crippen LogP contribution in [0.25, 0.3) is 21.7 Å². The molecule has 0 spiro atoms. The number of aromatic nitrogens is 1. The number of halogens is 1. The van der Waals surface area contributed by atoms with Crippen LogP contribution in [0.2, 0.25) is 4.34 Å². The number of nitrogens with zero attached hydrogens (tertiary/aromatic N) is 1. The number of oxazole rings is 1. The fraction of sp³-hybridized carbons (Fsp3) is 0.0500. The first-order valence-electron chi connectivity index (χ1n) is 8.30. The molecule has 142 valence electrons. The molecule has 4 aromatic rings. The number of hydrogen-bond donors (Lipinski definition) is 1. The molecule has 0 aliphatic rings. The predicted octanol–water partition coefficient (Wildman–Crippen LogP) is 4.96. The summed E-state index contributed by atoms with van der Waals surface area (Å²) in [5.41, 5.74) is 3.44. The quantitative estimate of drug-likeness (QED) is 0.484. The molecule has 2 aromatic carbocycles. The topological polar surface area (TPSA) is 86.2 Å². The fourth-order valence-electron chi connectivity index (χ4n) is 3.07. The molecular formula is C20H15ClN2O3S2. The van der Waals surface area contributed by atoms with Crippen LogP contribution in [0.4, 0.5) is 0 Å². The largest absolute Gasteiger partial charge is 0.451 e. The molecule has 0 amide bonds. The molecule has 4 rings (SSSR count). The van der Waals surface area contributed by atoms with Crippen LogP contribution >= 0.6 is 22.9 Å². The highest BCUT2D eigenvalue weighted by atomic mass is 35.5. The molecule has 0 atom stereocenters. The summed E-state index contributed by atoms with van der Waals surface area (Å²) >= 11 is 7.43. The maximum Gasteiger partial charge on any atom is 0.238 e. The van der Waals surface area contributed by atoms with E-state index in [1.165, 1.54) is 24.0 Å². The molecule has 0 aliphatic carbocycles. The van der Waals surface area contributed by atoms with Crippen LogP contribution in [0.1, 0.15) is 11.1 Å². The number of sulfonamides is 1. The molecule has 2 heterocycles. The lowest BCUT2D eigenvalue weighted by Gasteiger charge is -2.15. The summed E-state index contributed by atoms with van der Waals surface area (Å²) in [6.45, 7) is 0. The predicted molar refractivity (Wildman–Crippen MR) is 111 cm³/mol. The van der Waals surface area contributed by atoms with Gasteiger partial charge in [-0.05, 0) is 47.4 Å². The van der Waals surface area contributed by atoms with E-state index in [1.54, 1.807) is 12.1 Å². The molecule has 8 heteroatoms. The Labute approximate surface area is 171 Å². The number of hydrogen-bond acceptors (Lipinski definition) is 5. The maximum absolute atomic E-state index is 12.5. The number of thiophene rings is 1. The molecule has 2 aromatic heterocycles. The lowest BCUT2D eigenvalue weighted by atomic mass is 9.95. The van der Waals surface area contributed by atoms with Crippen molar-refractivity contribution in [3.8, 4) is 21.7 Å². The van der Waals surface area contributed by atoms with Gasteiger partial charge in [-0.2, -0.15) is 0 Å². The smallest absolute Gasteiger partial charge is 0.238 e. The van der Waals surface area contributed by atoms with E-state index in [0.29, 0.717) is 33.1 Å². The molecule has 28 heavy (non-hydrogen) atoms. The highest BCUT2D eigenvalue weighted by Gasteiger charge is 2.22. The van der Waals surface area contributed by atoms with Crippen molar-refractivity contribution in [2.24, 2.45) is 5.14 Å². The standard InChI is InChI=1S/C20H15ClN2O3S2/c21-20-7-6-18(27-20)14-9-15(17-11-26-12-23-17)16(19(10-14)28(22,24)25)8-13-4-2-1-3-5-13/h1-7,9-12H,8H2,(H2,22,24,25). The molecule has 0 fully saturated rings. The van der Waals surface area contributed by atoms with Gasteiger partial charge < -0.3 is 4.42 Å². The summed E-state index contributed by atoms with van der Waals surface area (Å²) in [6, 6.07) is 16.7. The van der Waals surface area contributed by atoms with Gasteiger partial charge in [0.25, 0.3) is 0 Å². The number of benzene rings is 2. The Bertz CT molecular complexity index is 1220. The zero-order valence-corrected chi connectivity index (χ0v) is 16.9. The Morgan fingerprint density at radius 1 is 1.11 bits per heavy atom. The van der Waals surface area contributed by atoms with E-state index in [4.69, 9.17) is 21.2 Å². The molecule has 5 nitrogen and oxygen atoms in total. The molecule has 0 saturated heterocycles. The molecule has 0 unspecified atom stereocenters. The normalized spacial score (nSPS) is 11.6. The first-order chi connectivity index (χ1) is 13.4. The van der Waals surface area contributed by atoms with Gasteiger partial charge in [0.1, 0.15) is 12.0 Å². The zero-order valence-electron chi connectivity index (χ0n) is 14.5. The molecular weight excluding hydrogens is 416 g/mol.